The first-order valence-electron chi connectivity index (χ1n) is 7.97. The van der Waals surface area contributed by atoms with Crippen LogP contribution in [0.25, 0.3) is 11.0 Å². The Morgan fingerprint density at radius 1 is 0.962 bits per heavy atom. The summed E-state index contributed by atoms with van der Waals surface area (Å²) in [6.07, 6.45) is 1.53. The minimum Gasteiger partial charge on any atom is -0.497 e. The van der Waals surface area contributed by atoms with Crippen LogP contribution < -0.4 is 9.47 Å². The second-order valence-electron chi connectivity index (χ2n) is 5.61. The third-order valence-corrected chi connectivity index (χ3v) is 3.97. The number of methoxy groups -OCH3 is 2. The van der Waals surface area contributed by atoms with Gasteiger partial charge in [-0.3, -0.25) is 9.59 Å². The van der Waals surface area contributed by atoms with Gasteiger partial charge in [-0.15, -0.1) is 0 Å². The van der Waals surface area contributed by atoms with E-state index in [9.17, 15) is 9.59 Å². The van der Waals surface area contributed by atoms with Crippen LogP contribution in [0.3, 0.4) is 0 Å². The molecule has 0 atom stereocenters. The summed E-state index contributed by atoms with van der Waals surface area (Å²) in [5.41, 5.74) is 1.78. The Hall–Kier alpha value is -3.28. The fourth-order valence-corrected chi connectivity index (χ4v) is 2.54. The van der Waals surface area contributed by atoms with Gasteiger partial charge in [-0.05, 0) is 36.4 Å². The van der Waals surface area contributed by atoms with Crippen LogP contribution in [0.2, 0.25) is 0 Å². The van der Waals surface area contributed by atoms with Crippen molar-refractivity contribution in [1.82, 2.24) is 0 Å². The van der Waals surface area contributed by atoms with Crippen molar-refractivity contribution in [3.63, 3.8) is 0 Å². The molecular formula is C20H18O6. The molecule has 0 radical (unpaired) electrons. The standard InChI is InChI=1S/C20H18O6/c1-23-15-5-3-13(4-6-15)18(21)12-26-20(22)9-14-11-25-19-10-16(24-2)7-8-17(14)19/h3-8,10-11H,9,12H2,1-2H3. The SMILES string of the molecule is COc1ccc(C(=O)COC(=O)Cc2coc3cc(OC)ccc23)cc1. The molecule has 0 saturated heterocycles. The lowest BCUT2D eigenvalue weighted by atomic mass is 10.1. The molecule has 3 aromatic rings. The van der Waals surface area contributed by atoms with E-state index in [4.69, 9.17) is 18.6 Å². The van der Waals surface area contributed by atoms with Crippen molar-refractivity contribution >= 4 is 22.7 Å². The van der Waals surface area contributed by atoms with E-state index < -0.39 is 5.97 Å². The van der Waals surface area contributed by atoms with E-state index in [0.29, 0.717) is 28.2 Å². The first-order chi connectivity index (χ1) is 12.6. The molecule has 1 aromatic heterocycles. The van der Waals surface area contributed by atoms with Crippen LogP contribution in [-0.2, 0) is 16.0 Å². The smallest absolute Gasteiger partial charge is 0.310 e. The van der Waals surface area contributed by atoms with Crippen LogP contribution in [0.1, 0.15) is 15.9 Å². The van der Waals surface area contributed by atoms with Gasteiger partial charge in [0.05, 0.1) is 26.9 Å². The summed E-state index contributed by atoms with van der Waals surface area (Å²) in [5.74, 6) is 0.557. The highest BCUT2D eigenvalue weighted by Gasteiger charge is 2.14. The molecule has 0 saturated carbocycles. The molecular weight excluding hydrogens is 336 g/mol. The van der Waals surface area contributed by atoms with E-state index in [2.05, 4.69) is 0 Å². The zero-order chi connectivity index (χ0) is 18.5. The second kappa shape index (κ2) is 7.74. The van der Waals surface area contributed by atoms with Gasteiger partial charge in [-0.1, -0.05) is 0 Å². The first-order valence-corrected chi connectivity index (χ1v) is 7.97. The van der Waals surface area contributed by atoms with Crippen molar-refractivity contribution < 1.29 is 28.2 Å². The third kappa shape index (κ3) is 3.85. The van der Waals surface area contributed by atoms with E-state index in [0.717, 1.165) is 5.39 Å². The van der Waals surface area contributed by atoms with Crippen molar-refractivity contribution in [3.05, 3.63) is 59.9 Å². The Morgan fingerprint density at radius 2 is 1.65 bits per heavy atom. The summed E-state index contributed by atoms with van der Waals surface area (Å²) in [6, 6.07) is 12.0. The molecule has 1 heterocycles. The summed E-state index contributed by atoms with van der Waals surface area (Å²) in [7, 11) is 3.12. The Labute approximate surface area is 150 Å². The van der Waals surface area contributed by atoms with Gasteiger partial charge >= 0.3 is 5.97 Å². The number of ketones is 1. The molecule has 0 fully saturated rings. The summed E-state index contributed by atoms with van der Waals surface area (Å²) < 4.78 is 20.7. The molecule has 0 bridgehead atoms. The predicted molar refractivity (Wildman–Crippen MR) is 94.8 cm³/mol. The topological polar surface area (TPSA) is 75.0 Å². The number of carbonyl (C=O) groups is 2. The molecule has 134 valence electrons. The summed E-state index contributed by atoms with van der Waals surface area (Å²) in [4.78, 5) is 24.1. The molecule has 6 heteroatoms. The number of rotatable bonds is 7. The van der Waals surface area contributed by atoms with E-state index in [-0.39, 0.29) is 18.8 Å². The predicted octanol–water partition coefficient (Wildman–Crippen LogP) is 3.42. The quantitative estimate of drug-likeness (QED) is 0.478. The van der Waals surface area contributed by atoms with E-state index in [1.165, 1.54) is 6.26 Å². The molecule has 0 aliphatic carbocycles. The second-order valence-corrected chi connectivity index (χ2v) is 5.61. The number of carbonyl (C=O) groups excluding carboxylic acids is 2. The van der Waals surface area contributed by atoms with Crippen LogP contribution in [0.15, 0.2) is 53.1 Å². The van der Waals surface area contributed by atoms with Crippen molar-refractivity contribution in [2.45, 2.75) is 6.42 Å². The molecule has 0 aliphatic heterocycles. The molecule has 0 unspecified atom stereocenters. The molecule has 0 aliphatic rings. The highest BCUT2D eigenvalue weighted by atomic mass is 16.5. The highest BCUT2D eigenvalue weighted by molar-refractivity contribution is 5.98. The fourth-order valence-electron chi connectivity index (χ4n) is 2.54. The summed E-state index contributed by atoms with van der Waals surface area (Å²) in [5, 5.41) is 0.809. The number of hydrogen-bond acceptors (Lipinski definition) is 6. The molecule has 2 aromatic carbocycles. The maximum absolute atomic E-state index is 12.1. The van der Waals surface area contributed by atoms with Crippen LogP contribution >= 0.6 is 0 Å². The van der Waals surface area contributed by atoms with E-state index in [1.54, 1.807) is 50.6 Å². The lowest BCUT2D eigenvalue weighted by Gasteiger charge is -2.05. The number of Topliss-reactive ketones (excluding diaryl/α,β-unsaturated/α-hetero) is 1. The minimum absolute atomic E-state index is 0.0230. The van der Waals surface area contributed by atoms with Gasteiger partial charge < -0.3 is 18.6 Å². The average molecular weight is 354 g/mol. The molecule has 0 amide bonds. The van der Waals surface area contributed by atoms with Gasteiger partial charge in [0.2, 0.25) is 0 Å². The maximum atomic E-state index is 12.1. The summed E-state index contributed by atoms with van der Waals surface area (Å²) in [6.45, 7) is -0.311. The Morgan fingerprint density at radius 3 is 2.35 bits per heavy atom. The van der Waals surface area contributed by atoms with Gasteiger partial charge in [0.1, 0.15) is 17.1 Å². The van der Waals surface area contributed by atoms with Crippen LogP contribution in [0.5, 0.6) is 11.5 Å². The Kier molecular flexibility index (Phi) is 5.22. The van der Waals surface area contributed by atoms with E-state index in [1.807, 2.05) is 6.07 Å². The lowest BCUT2D eigenvalue weighted by molar-refractivity contribution is -0.141. The number of benzene rings is 2. The van der Waals surface area contributed by atoms with Crippen molar-refractivity contribution in [1.29, 1.82) is 0 Å². The Balaban J connectivity index is 1.59. The van der Waals surface area contributed by atoms with Crippen molar-refractivity contribution in [2.75, 3.05) is 20.8 Å². The monoisotopic (exact) mass is 354 g/mol. The zero-order valence-electron chi connectivity index (χ0n) is 14.5. The van der Waals surface area contributed by atoms with Gasteiger partial charge in [0.25, 0.3) is 0 Å². The molecule has 0 N–H and O–H groups in total. The average Bonchev–Trinajstić information content (AvgIpc) is 3.08. The maximum Gasteiger partial charge on any atom is 0.310 e. The van der Waals surface area contributed by atoms with Crippen LogP contribution in [-0.4, -0.2) is 32.6 Å². The van der Waals surface area contributed by atoms with Gasteiger partial charge in [0.15, 0.2) is 12.4 Å². The number of furan rings is 1. The third-order valence-electron chi connectivity index (χ3n) is 3.97. The molecule has 0 spiro atoms. The molecule has 26 heavy (non-hydrogen) atoms. The summed E-state index contributed by atoms with van der Waals surface area (Å²) >= 11 is 0. The van der Waals surface area contributed by atoms with Crippen LogP contribution in [0.4, 0.5) is 0 Å². The fraction of sp³-hybridized carbons (Fsp3) is 0.200. The van der Waals surface area contributed by atoms with Crippen molar-refractivity contribution in [2.24, 2.45) is 0 Å². The zero-order valence-corrected chi connectivity index (χ0v) is 14.5. The molecule has 6 nitrogen and oxygen atoms in total. The van der Waals surface area contributed by atoms with Gasteiger partial charge in [-0.25, -0.2) is 0 Å². The number of hydrogen-bond donors (Lipinski definition) is 0. The number of fused-ring (bicyclic) bond motifs is 1. The van der Waals surface area contributed by atoms with Crippen molar-refractivity contribution in [3.8, 4) is 11.5 Å². The lowest BCUT2D eigenvalue weighted by Crippen LogP contribution is -2.15. The minimum atomic E-state index is -0.495. The Bertz CT molecular complexity index is 923. The van der Waals surface area contributed by atoms with E-state index >= 15 is 0 Å². The first kappa shape index (κ1) is 17.5. The normalized spacial score (nSPS) is 10.5. The van der Waals surface area contributed by atoms with Gasteiger partial charge in [0, 0.05) is 22.6 Å². The number of esters is 1. The van der Waals surface area contributed by atoms with Gasteiger partial charge in [-0.2, -0.15) is 0 Å². The number of ether oxygens (including phenoxy) is 3. The molecule has 3 rings (SSSR count). The highest BCUT2D eigenvalue weighted by Crippen LogP contribution is 2.26. The van der Waals surface area contributed by atoms with Crippen LogP contribution in [0, 0.1) is 0 Å². The largest absolute Gasteiger partial charge is 0.497 e.